The predicted molar refractivity (Wildman–Crippen MR) is 144 cm³/mol. The molecular formula is C27H25N9O2. The molecule has 4 aromatic heterocycles. The van der Waals surface area contributed by atoms with Crippen molar-refractivity contribution >= 4 is 39.9 Å². The van der Waals surface area contributed by atoms with Gasteiger partial charge in [0.05, 0.1) is 24.1 Å². The lowest BCUT2D eigenvalue weighted by Crippen LogP contribution is -2.48. The maximum absolute atomic E-state index is 11.9. The van der Waals surface area contributed by atoms with Gasteiger partial charge in [0, 0.05) is 37.9 Å². The number of anilines is 3. The highest BCUT2D eigenvalue weighted by atomic mass is 16.5. The number of nitrogens with zero attached hydrogens (tertiary/aromatic N) is 8. The molecule has 190 valence electrons. The Labute approximate surface area is 218 Å². The molecule has 1 fully saturated rings. The fourth-order valence-electron chi connectivity index (χ4n) is 4.43. The topological polar surface area (TPSA) is 114 Å². The lowest BCUT2D eigenvalue weighted by molar-refractivity contribution is -0.126. The quantitative estimate of drug-likeness (QED) is 0.343. The third kappa shape index (κ3) is 4.57. The highest BCUT2D eigenvalue weighted by molar-refractivity contribution is 5.88. The number of aromatic nitrogens is 6. The van der Waals surface area contributed by atoms with Crippen LogP contribution >= 0.6 is 0 Å². The van der Waals surface area contributed by atoms with Crippen LogP contribution in [0.25, 0.3) is 16.7 Å². The molecule has 0 unspecified atom stereocenters. The Hall–Kier alpha value is -5.06. The molecule has 0 saturated carbocycles. The van der Waals surface area contributed by atoms with Crippen molar-refractivity contribution < 1.29 is 9.53 Å². The minimum absolute atomic E-state index is 0.0432. The number of pyridine rings is 1. The van der Waals surface area contributed by atoms with Crippen LogP contribution in [-0.4, -0.2) is 66.5 Å². The van der Waals surface area contributed by atoms with Crippen LogP contribution in [0.3, 0.4) is 0 Å². The summed E-state index contributed by atoms with van der Waals surface area (Å²) in [6.45, 7) is 8.19. The van der Waals surface area contributed by atoms with E-state index in [-0.39, 0.29) is 5.91 Å². The Morgan fingerprint density at radius 3 is 2.76 bits per heavy atom. The number of carbonyl (C=O) groups excluding carboxylic acids is 1. The van der Waals surface area contributed by atoms with E-state index in [4.69, 9.17) is 9.72 Å². The Bertz CT molecular complexity index is 1660. The Balaban J connectivity index is 1.21. The van der Waals surface area contributed by atoms with Crippen molar-refractivity contribution in [2.75, 3.05) is 36.4 Å². The van der Waals surface area contributed by atoms with E-state index in [0.717, 1.165) is 28.2 Å². The van der Waals surface area contributed by atoms with Crippen LogP contribution in [0.4, 0.5) is 17.3 Å². The molecule has 0 atom stereocenters. The summed E-state index contributed by atoms with van der Waals surface area (Å²) in [7, 11) is 0. The number of carbonyl (C=O) groups is 1. The van der Waals surface area contributed by atoms with Crippen molar-refractivity contribution in [3.63, 3.8) is 0 Å². The summed E-state index contributed by atoms with van der Waals surface area (Å²) in [6, 6.07) is 11.5. The van der Waals surface area contributed by atoms with Gasteiger partial charge >= 0.3 is 0 Å². The summed E-state index contributed by atoms with van der Waals surface area (Å²) in [5.74, 6) is 2.70. The van der Waals surface area contributed by atoms with Crippen LogP contribution in [-0.2, 0) is 4.79 Å². The maximum atomic E-state index is 11.9. The van der Waals surface area contributed by atoms with Gasteiger partial charge in [-0.1, -0.05) is 6.58 Å². The zero-order valence-corrected chi connectivity index (χ0v) is 20.8. The zero-order valence-electron chi connectivity index (χ0n) is 20.8. The molecule has 1 aromatic carbocycles. The molecule has 0 bridgehead atoms. The first-order valence-corrected chi connectivity index (χ1v) is 12.2. The molecule has 5 heterocycles. The van der Waals surface area contributed by atoms with Crippen LogP contribution in [0, 0.1) is 6.92 Å². The number of benzene rings is 1. The van der Waals surface area contributed by atoms with Gasteiger partial charge in [-0.3, -0.25) is 4.79 Å². The van der Waals surface area contributed by atoms with Crippen LogP contribution in [0.2, 0.25) is 0 Å². The average Bonchev–Trinajstić information content (AvgIpc) is 3.42. The molecule has 1 saturated heterocycles. The molecule has 1 aliphatic heterocycles. The number of amides is 1. The Kier molecular flexibility index (Phi) is 6.00. The summed E-state index contributed by atoms with van der Waals surface area (Å²) >= 11 is 0. The SMILES string of the molecule is C=CC(=O)N1CCN(c2ccc3ncnc(Nc4ccc(Oc5cnc6ccnn6c5)c(C)c4)c3n2)CC1. The van der Waals surface area contributed by atoms with Crippen LogP contribution in [0.5, 0.6) is 11.5 Å². The van der Waals surface area contributed by atoms with Gasteiger partial charge < -0.3 is 19.9 Å². The van der Waals surface area contributed by atoms with Gasteiger partial charge in [0.25, 0.3) is 0 Å². The summed E-state index contributed by atoms with van der Waals surface area (Å²) in [5, 5.41) is 7.58. The number of rotatable bonds is 6. The van der Waals surface area contributed by atoms with Gasteiger partial charge in [-0.15, -0.1) is 0 Å². The molecule has 1 aliphatic rings. The van der Waals surface area contributed by atoms with E-state index in [1.54, 1.807) is 28.0 Å². The van der Waals surface area contributed by atoms with Gasteiger partial charge in [0.1, 0.15) is 23.4 Å². The average molecular weight is 508 g/mol. The number of nitrogens with one attached hydrogen (secondary N) is 1. The van der Waals surface area contributed by atoms with Crippen LogP contribution in [0.15, 0.2) is 74.0 Å². The van der Waals surface area contributed by atoms with E-state index in [0.29, 0.717) is 49.0 Å². The molecule has 11 heteroatoms. The molecule has 0 spiro atoms. The second-order valence-corrected chi connectivity index (χ2v) is 8.91. The molecular weight excluding hydrogens is 482 g/mol. The number of hydrogen-bond donors (Lipinski definition) is 1. The fraction of sp³-hybridized carbons (Fsp3) is 0.185. The third-order valence-electron chi connectivity index (χ3n) is 6.45. The number of ether oxygens (including phenoxy) is 1. The van der Waals surface area contributed by atoms with E-state index in [9.17, 15) is 4.79 Å². The first-order valence-electron chi connectivity index (χ1n) is 12.2. The zero-order chi connectivity index (χ0) is 26.1. The Morgan fingerprint density at radius 1 is 1.08 bits per heavy atom. The van der Waals surface area contributed by atoms with Gasteiger partial charge in [-0.05, 0) is 48.9 Å². The van der Waals surface area contributed by atoms with Crippen LogP contribution in [0.1, 0.15) is 5.56 Å². The molecule has 0 aliphatic carbocycles. The van der Waals surface area contributed by atoms with Crippen molar-refractivity contribution in [1.29, 1.82) is 0 Å². The van der Waals surface area contributed by atoms with E-state index in [1.165, 1.54) is 12.4 Å². The molecule has 6 rings (SSSR count). The summed E-state index contributed by atoms with van der Waals surface area (Å²) in [6.07, 6.45) is 8.04. The first-order chi connectivity index (χ1) is 18.6. The summed E-state index contributed by atoms with van der Waals surface area (Å²) < 4.78 is 7.72. The molecule has 38 heavy (non-hydrogen) atoms. The lowest BCUT2D eigenvalue weighted by Gasteiger charge is -2.35. The highest BCUT2D eigenvalue weighted by Gasteiger charge is 2.21. The third-order valence-corrected chi connectivity index (χ3v) is 6.45. The highest BCUT2D eigenvalue weighted by Crippen LogP contribution is 2.30. The largest absolute Gasteiger partial charge is 0.454 e. The molecule has 1 amide bonds. The number of hydrogen-bond acceptors (Lipinski definition) is 9. The van der Waals surface area contributed by atoms with Crippen molar-refractivity contribution in [1.82, 2.24) is 34.4 Å². The second-order valence-electron chi connectivity index (χ2n) is 8.91. The fourth-order valence-corrected chi connectivity index (χ4v) is 4.43. The van der Waals surface area contributed by atoms with Crippen molar-refractivity contribution in [2.24, 2.45) is 0 Å². The van der Waals surface area contributed by atoms with Crippen molar-refractivity contribution in [3.8, 4) is 11.5 Å². The molecule has 0 radical (unpaired) electrons. The van der Waals surface area contributed by atoms with E-state index >= 15 is 0 Å². The minimum Gasteiger partial charge on any atom is -0.454 e. The van der Waals surface area contributed by atoms with Gasteiger partial charge in [-0.25, -0.2) is 24.5 Å². The van der Waals surface area contributed by atoms with Gasteiger partial charge in [0.15, 0.2) is 17.2 Å². The second kappa shape index (κ2) is 9.77. The number of fused-ring (bicyclic) bond motifs is 2. The lowest BCUT2D eigenvalue weighted by atomic mass is 10.2. The van der Waals surface area contributed by atoms with E-state index in [2.05, 4.69) is 36.8 Å². The maximum Gasteiger partial charge on any atom is 0.246 e. The van der Waals surface area contributed by atoms with E-state index < -0.39 is 0 Å². The van der Waals surface area contributed by atoms with E-state index in [1.807, 2.05) is 43.3 Å². The summed E-state index contributed by atoms with van der Waals surface area (Å²) in [5.41, 5.74) is 3.96. The Morgan fingerprint density at radius 2 is 1.95 bits per heavy atom. The predicted octanol–water partition coefficient (Wildman–Crippen LogP) is 3.75. The number of piperazine rings is 1. The van der Waals surface area contributed by atoms with Gasteiger partial charge in [-0.2, -0.15) is 5.10 Å². The van der Waals surface area contributed by atoms with Crippen LogP contribution < -0.4 is 15.0 Å². The van der Waals surface area contributed by atoms with Crippen molar-refractivity contribution in [2.45, 2.75) is 6.92 Å². The monoisotopic (exact) mass is 507 g/mol. The number of aryl methyl sites for hydroxylation is 1. The van der Waals surface area contributed by atoms with Crippen molar-refractivity contribution in [3.05, 3.63) is 79.5 Å². The standard InChI is InChI=1S/C27H25N9O2/c1-3-25(37)35-12-10-34(11-13-35)24-7-5-21-26(33-24)27(30-17-29-21)32-19-4-6-22(18(2)14-19)38-20-15-28-23-8-9-31-36(23)16-20/h3-9,14-17H,1,10-13H2,2H3,(H,29,30,32). The summed E-state index contributed by atoms with van der Waals surface area (Å²) in [4.78, 5) is 33.9. The first kappa shape index (κ1) is 23.3. The van der Waals surface area contributed by atoms with Gasteiger partial charge in [0.2, 0.25) is 5.91 Å². The minimum atomic E-state index is -0.0432. The smallest absolute Gasteiger partial charge is 0.246 e. The molecule has 1 N–H and O–H groups in total. The normalized spacial score (nSPS) is 13.6. The molecule has 11 nitrogen and oxygen atoms in total. The molecule has 5 aromatic rings.